The van der Waals surface area contributed by atoms with Crippen LogP contribution in [-0.4, -0.2) is 6.04 Å². The quantitative estimate of drug-likeness (QED) is 0.736. The highest BCUT2D eigenvalue weighted by Gasteiger charge is 2.39. The number of hydrogen-bond acceptors (Lipinski definition) is 1. The number of rotatable bonds is 1. The predicted molar refractivity (Wildman–Crippen MR) is 58.3 cm³/mol. The molecule has 0 aromatic heterocycles. The van der Waals surface area contributed by atoms with Crippen LogP contribution in [0.4, 0.5) is 0 Å². The molecule has 0 saturated heterocycles. The predicted octanol–water partition coefficient (Wildman–Crippen LogP) is 2.49. The van der Waals surface area contributed by atoms with Crippen LogP contribution in [0.1, 0.15) is 25.3 Å². The molecule has 1 fully saturated rings. The summed E-state index contributed by atoms with van der Waals surface area (Å²) in [5.74, 6) is 0. The lowest BCUT2D eigenvalue weighted by molar-refractivity contribution is 0.227. The molecule has 0 amide bonds. The molecule has 0 atom stereocenters. The van der Waals surface area contributed by atoms with Crippen molar-refractivity contribution in [1.82, 2.24) is 0 Å². The van der Waals surface area contributed by atoms with Crippen LogP contribution in [0.25, 0.3) is 0 Å². The van der Waals surface area contributed by atoms with Gasteiger partial charge in [0.15, 0.2) is 0 Å². The Morgan fingerprint density at radius 3 is 2.23 bits per heavy atom. The molecule has 1 aliphatic rings. The van der Waals surface area contributed by atoms with Crippen LogP contribution < -0.4 is 5.73 Å². The number of hydrogen-bond donors (Lipinski definition) is 1. The Morgan fingerprint density at radius 1 is 1.23 bits per heavy atom. The normalized spacial score (nSPS) is 31.7. The molecule has 0 aliphatic heterocycles. The van der Waals surface area contributed by atoms with E-state index in [-0.39, 0.29) is 12.4 Å². The highest BCUT2D eigenvalue weighted by atomic mass is 35.5. The molecule has 2 N–H and O–H groups in total. The van der Waals surface area contributed by atoms with Crippen LogP contribution in [0.15, 0.2) is 30.3 Å². The lowest BCUT2D eigenvalue weighted by atomic mass is 9.63. The van der Waals surface area contributed by atoms with E-state index in [1.54, 1.807) is 0 Å². The van der Waals surface area contributed by atoms with E-state index in [9.17, 15) is 0 Å². The summed E-state index contributed by atoms with van der Waals surface area (Å²) in [4.78, 5) is 0. The second kappa shape index (κ2) is 3.69. The third kappa shape index (κ3) is 1.87. The smallest absolute Gasteiger partial charge is 0.00556 e. The van der Waals surface area contributed by atoms with Crippen molar-refractivity contribution in [2.24, 2.45) is 5.73 Å². The van der Waals surface area contributed by atoms with Gasteiger partial charge in [-0.3, -0.25) is 0 Å². The van der Waals surface area contributed by atoms with Gasteiger partial charge in [-0.1, -0.05) is 37.3 Å². The first-order valence-corrected chi connectivity index (χ1v) is 4.52. The topological polar surface area (TPSA) is 26.0 Å². The standard InChI is InChI=1S/C11H15N.ClH/c1-11(7-10(12)8-11)9-5-3-2-4-6-9;/h2-6,10H,7-8,12H2,1H3;1H. The largest absolute Gasteiger partial charge is 0.328 e. The summed E-state index contributed by atoms with van der Waals surface area (Å²) in [7, 11) is 0. The third-order valence-electron chi connectivity index (χ3n) is 2.90. The van der Waals surface area contributed by atoms with Crippen molar-refractivity contribution < 1.29 is 0 Å². The summed E-state index contributed by atoms with van der Waals surface area (Å²) in [5.41, 5.74) is 7.59. The average molecular weight is 198 g/mol. The van der Waals surface area contributed by atoms with Crippen molar-refractivity contribution in [1.29, 1.82) is 0 Å². The van der Waals surface area contributed by atoms with Crippen LogP contribution in [0.5, 0.6) is 0 Å². The van der Waals surface area contributed by atoms with Crippen molar-refractivity contribution in [2.45, 2.75) is 31.2 Å². The maximum atomic E-state index is 5.79. The number of nitrogens with two attached hydrogens (primary N) is 1. The van der Waals surface area contributed by atoms with Crippen molar-refractivity contribution in [3.05, 3.63) is 35.9 Å². The first-order chi connectivity index (χ1) is 5.71. The van der Waals surface area contributed by atoms with Gasteiger partial charge in [0.2, 0.25) is 0 Å². The molecule has 0 radical (unpaired) electrons. The van der Waals surface area contributed by atoms with Gasteiger partial charge in [0, 0.05) is 6.04 Å². The first-order valence-electron chi connectivity index (χ1n) is 4.52. The lowest BCUT2D eigenvalue weighted by Crippen LogP contribution is -2.47. The zero-order valence-corrected chi connectivity index (χ0v) is 8.68. The van der Waals surface area contributed by atoms with Gasteiger partial charge in [-0.15, -0.1) is 12.4 Å². The molecule has 0 spiro atoms. The van der Waals surface area contributed by atoms with Crippen molar-refractivity contribution in [2.75, 3.05) is 0 Å². The molecule has 1 aliphatic carbocycles. The molecule has 13 heavy (non-hydrogen) atoms. The molecule has 1 nitrogen and oxygen atoms in total. The van der Waals surface area contributed by atoms with Gasteiger partial charge in [0.05, 0.1) is 0 Å². The summed E-state index contributed by atoms with van der Waals surface area (Å²) in [5, 5.41) is 0. The number of halogens is 1. The minimum Gasteiger partial charge on any atom is -0.328 e. The minimum absolute atomic E-state index is 0. The molecule has 0 unspecified atom stereocenters. The second-order valence-electron chi connectivity index (χ2n) is 4.10. The highest BCUT2D eigenvalue weighted by molar-refractivity contribution is 5.85. The van der Waals surface area contributed by atoms with Gasteiger partial charge in [-0.25, -0.2) is 0 Å². The fourth-order valence-corrected chi connectivity index (χ4v) is 2.17. The van der Waals surface area contributed by atoms with Crippen molar-refractivity contribution >= 4 is 12.4 Å². The van der Waals surface area contributed by atoms with E-state index in [0.717, 1.165) is 12.8 Å². The van der Waals surface area contributed by atoms with Crippen LogP contribution in [0.2, 0.25) is 0 Å². The van der Waals surface area contributed by atoms with E-state index < -0.39 is 0 Å². The molecule has 0 heterocycles. The summed E-state index contributed by atoms with van der Waals surface area (Å²) >= 11 is 0. The Morgan fingerprint density at radius 2 is 1.77 bits per heavy atom. The van der Waals surface area contributed by atoms with Crippen molar-refractivity contribution in [3.63, 3.8) is 0 Å². The molecule has 2 heteroatoms. The number of benzene rings is 1. The summed E-state index contributed by atoms with van der Waals surface area (Å²) in [6.45, 7) is 2.30. The van der Waals surface area contributed by atoms with Gasteiger partial charge in [0.1, 0.15) is 0 Å². The molecule has 1 aromatic carbocycles. The Balaban J connectivity index is 0.000000845. The van der Waals surface area contributed by atoms with Crippen LogP contribution >= 0.6 is 12.4 Å². The van der Waals surface area contributed by atoms with Crippen LogP contribution in [0, 0.1) is 0 Å². The van der Waals surface area contributed by atoms with E-state index >= 15 is 0 Å². The van der Waals surface area contributed by atoms with Crippen LogP contribution in [0.3, 0.4) is 0 Å². The van der Waals surface area contributed by atoms with Gasteiger partial charge < -0.3 is 5.73 Å². The molecule has 2 rings (SSSR count). The maximum absolute atomic E-state index is 5.79. The van der Waals surface area contributed by atoms with E-state index in [1.165, 1.54) is 5.56 Å². The van der Waals surface area contributed by atoms with Gasteiger partial charge in [0.25, 0.3) is 0 Å². The monoisotopic (exact) mass is 197 g/mol. The Hall–Kier alpha value is -0.530. The molecular formula is C11H16ClN. The Bertz CT molecular complexity index is 265. The molecular weight excluding hydrogens is 182 g/mol. The van der Waals surface area contributed by atoms with E-state index in [2.05, 4.69) is 37.3 Å². The Labute approximate surface area is 85.7 Å². The van der Waals surface area contributed by atoms with E-state index in [1.807, 2.05) is 0 Å². The van der Waals surface area contributed by atoms with Gasteiger partial charge in [-0.05, 0) is 23.8 Å². The maximum Gasteiger partial charge on any atom is 0.00556 e. The molecule has 0 bridgehead atoms. The summed E-state index contributed by atoms with van der Waals surface area (Å²) in [6.07, 6.45) is 2.27. The molecule has 72 valence electrons. The SMILES string of the molecule is CC1(c2ccccc2)CC(N)C1.Cl. The Kier molecular flexibility index (Phi) is 2.99. The van der Waals surface area contributed by atoms with E-state index in [4.69, 9.17) is 5.73 Å². The zero-order valence-electron chi connectivity index (χ0n) is 7.86. The van der Waals surface area contributed by atoms with Gasteiger partial charge >= 0.3 is 0 Å². The lowest BCUT2D eigenvalue weighted by Gasteiger charge is -2.44. The zero-order chi connectivity index (χ0) is 8.60. The van der Waals surface area contributed by atoms with Gasteiger partial charge in [-0.2, -0.15) is 0 Å². The second-order valence-corrected chi connectivity index (χ2v) is 4.10. The highest BCUT2D eigenvalue weighted by Crippen LogP contribution is 2.42. The molecule has 1 saturated carbocycles. The third-order valence-corrected chi connectivity index (χ3v) is 2.90. The van der Waals surface area contributed by atoms with Crippen LogP contribution in [-0.2, 0) is 5.41 Å². The fraction of sp³-hybridized carbons (Fsp3) is 0.455. The summed E-state index contributed by atoms with van der Waals surface area (Å²) in [6, 6.07) is 11.1. The minimum atomic E-state index is 0. The van der Waals surface area contributed by atoms with Crippen molar-refractivity contribution in [3.8, 4) is 0 Å². The average Bonchev–Trinajstić information content (AvgIpc) is 2.04. The first kappa shape index (κ1) is 10.6. The van der Waals surface area contributed by atoms with E-state index in [0.29, 0.717) is 11.5 Å². The molecule has 1 aromatic rings. The fourth-order valence-electron chi connectivity index (χ4n) is 2.17. The summed E-state index contributed by atoms with van der Waals surface area (Å²) < 4.78 is 0.